The monoisotopic (exact) mass is 400 g/mol. The van der Waals surface area contributed by atoms with Gasteiger partial charge in [0.15, 0.2) is 0 Å². The lowest BCUT2D eigenvalue weighted by atomic mass is 9.98. The predicted molar refractivity (Wildman–Crippen MR) is 90.6 cm³/mol. The van der Waals surface area contributed by atoms with Gasteiger partial charge in [0, 0.05) is 23.1 Å². The second kappa shape index (κ2) is 7.24. The molecule has 0 spiro atoms. The summed E-state index contributed by atoms with van der Waals surface area (Å²) in [6, 6.07) is 7.75. The van der Waals surface area contributed by atoms with Crippen molar-refractivity contribution in [3.8, 4) is 0 Å². The molecule has 1 aliphatic rings. The van der Waals surface area contributed by atoms with Crippen molar-refractivity contribution in [2.45, 2.75) is 39.3 Å². The molecule has 1 fully saturated rings. The van der Waals surface area contributed by atoms with E-state index in [9.17, 15) is 9.59 Å². The summed E-state index contributed by atoms with van der Waals surface area (Å²) in [6.07, 6.45) is 1.25. The molecule has 2 unspecified atom stereocenters. The highest BCUT2D eigenvalue weighted by Crippen LogP contribution is 2.17. The van der Waals surface area contributed by atoms with Gasteiger partial charge in [0.1, 0.15) is 6.04 Å². The molecule has 114 valence electrons. The van der Waals surface area contributed by atoms with Crippen LogP contribution >= 0.6 is 22.6 Å². The van der Waals surface area contributed by atoms with Crippen LogP contribution in [0.1, 0.15) is 32.3 Å². The second-order valence-electron chi connectivity index (χ2n) is 5.57. The van der Waals surface area contributed by atoms with E-state index in [4.69, 9.17) is 0 Å². The van der Waals surface area contributed by atoms with Crippen LogP contribution in [0.2, 0.25) is 0 Å². The van der Waals surface area contributed by atoms with E-state index in [-0.39, 0.29) is 17.7 Å². The molecule has 1 aromatic carbocycles. The van der Waals surface area contributed by atoms with Crippen LogP contribution in [0.3, 0.4) is 0 Å². The van der Waals surface area contributed by atoms with Crippen LogP contribution in [0.4, 0.5) is 0 Å². The van der Waals surface area contributed by atoms with Gasteiger partial charge in [-0.15, -0.1) is 0 Å². The molecule has 2 atom stereocenters. The van der Waals surface area contributed by atoms with Gasteiger partial charge in [0.2, 0.25) is 11.8 Å². The van der Waals surface area contributed by atoms with E-state index in [1.165, 1.54) is 3.57 Å². The molecule has 21 heavy (non-hydrogen) atoms. The number of nitrogens with one attached hydrogen (secondary N) is 1. The number of hydrogen-bond acceptors (Lipinski definition) is 2. The molecule has 4 nitrogen and oxygen atoms in total. The SMILES string of the molecule is CCC(C)C1NC(=O)CCN(Cc2ccc(I)cc2)C1=O. The predicted octanol–water partition coefficient (Wildman–Crippen LogP) is 2.55. The molecule has 0 aliphatic carbocycles. The first kappa shape index (κ1) is 16.3. The highest BCUT2D eigenvalue weighted by atomic mass is 127. The maximum absolute atomic E-state index is 12.7. The Labute approximate surface area is 139 Å². The molecule has 1 saturated heterocycles. The summed E-state index contributed by atoms with van der Waals surface area (Å²) in [5.41, 5.74) is 1.10. The van der Waals surface area contributed by atoms with Gasteiger partial charge >= 0.3 is 0 Å². The number of carbonyl (C=O) groups excluding carboxylic acids is 2. The zero-order valence-electron chi connectivity index (χ0n) is 12.4. The molecule has 1 aromatic rings. The maximum Gasteiger partial charge on any atom is 0.245 e. The van der Waals surface area contributed by atoms with Crippen molar-refractivity contribution >= 4 is 34.4 Å². The Morgan fingerprint density at radius 2 is 2.00 bits per heavy atom. The van der Waals surface area contributed by atoms with Crippen LogP contribution in [0.15, 0.2) is 24.3 Å². The summed E-state index contributed by atoms with van der Waals surface area (Å²) < 4.78 is 1.17. The van der Waals surface area contributed by atoms with E-state index < -0.39 is 6.04 Å². The lowest BCUT2D eigenvalue weighted by molar-refractivity contribution is -0.135. The zero-order valence-corrected chi connectivity index (χ0v) is 14.6. The molecule has 1 aliphatic heterocycles. The third kappa shape index (κ3) is 4.18. The maximum atomic E-state index is 12.7. The molecular weight excluding hydrogens is 379 g/mol. The molecule has 2 amide bonds. The van der Waals surface area contributed by atoms with Gasteiger partial charge in [-0.3, -0.25) is 9.59 Å². The molecule has 0 bridgehead atoms. The van der Waals surface area contributed by atoms with Crippen molar-refractivity contribution in [3.05, 3.63) is 33.4 Å². The number of rotatable bonds is 4. The number of benzene rings is 1. The van der Waals surface area contributed by atoms with Crippen molar-refractivity contribution in [1.82, 2.24) is 10.2 Å². The Bertz CT molecular complexity index is 516. The number of halogens is 1. The fourth-order valence-electron chi connectivity index (χ4n) is 2.44. The van der Waals surface area contributed by atoms with Crippen molar-refractivity contribution in [2.75, 3.05) is 6.54 Å². The highest BCUT2D eigenvalue weighted by molar-refractivity contribution is 14.1. The van der Waals surface area contributed by atoms with Gasteiger partial charge < -0.3 is 10.2 Å². The van der Waals surface area contributed by atoms with Gasteiger partial charge in [0.25, 0.3) is 0 Å². The minimum atomic E-state index is -0.395. The van der Waals surface area contributed by atoms with E-state index in [0.717, 1.165) is 12.0 Å². The van der Waals surface area contributed by atoms with E-state index in [2.05, 4.69) is 27.9 Å². The average molecular weight is 400 g/mol. The van der Waals surface area contributed by atoms with E-state index in [1.807, 2.05) is 38.1 Å². The van der Waals surface area contributed by atoms with E-state index in [1.54, 1.807) is 4.90 Å². The molecule has 1 N–H and O–H groups in total. The largest absolute Gasteiger partial charge is 0.344 e. The van der Waals surface area contributed by atoms with Gasteiger partial charge in [-0.25, -0.2) is 0 Å². The zero-order chi connectivity index (χ0) is 15.4. The minimum absolute atomic E-state index is 0.0289. The van der Waals surface area contributed by atoms with Crippen LogP contribution < -0.4 is 5.32 Å². The Kier molecular flexibility index (Phi) is 5.61. The first-order chi connectivity index (χ1) is 10.0. The summed E-state index contributed by atoms with van der Waals surface area (Å²) >= 11 is 2.26. The Balaban J connectivity index is 2.15. The summed E-state index contributed by atoms with van der Waals surface area (Å²) in [5, 5.41) is 2.87. The molecule has 1 heterocycles. The smallest absolute Gasteiger partial charge is 0.245 e. The normalized spacial score (nSPS) is 20.9. The van der Waals surface area contributed by atoms with E-state index >= 15 is 0 Å². The standard InChI is InChI=1S/C16H21IN2O2/c1-3-11(2)15-16(21)19(9-8-14(20)18-15)10-12-4-6-13(17)7-5-12/h4-7,11,15H,3,8-10H2,1-2H3,(H,18,20). The second-order valence-corrected chi connectivity index (χ2v) is 6.81. The van der Waals surface area contributed by atoms with Crippen LogP contribution in [0, 0.1) is 9.49 Å². The minimum Gasteiger partial charge on any atom is -0.344 e. The van der Waals surface area contributed by atoms with E-state index in [0.29, 0.717) is 19.5 Å². The first-order valence-corrected chi connectivity index (χ1v) is 8.41. The Morgan fingerprint density at radius 3 is 2.62 bits per heavy atom. The van der Waals surface area contributed by atoms with Gasteiger partial charge in [-0.2, -0.15) is 0 Å². The first-order valence-electron chi connectivity index (χ1n) is 7.34. The number of carbonyl (C=O) groups is 2. The van der Waals surface area contributed by atoms with Crippen LogP contribution in [-0.2, 0) is 16.1 Å². The molecule has 0 radical (unpaired) electrons. The van der Waals surface area contributed by atoms with Gasteiger partial charge in [-0.1, -0.05) is 32.4 Å². The lowest BCUT2D eigenvalue weighted by Crippen LogP contribution is -2.48. The number of amides is 2. The van der Waals surface area contributed by atoms with Crippen LogP contribution in [-0.4, -0.2) is 29.3 Å². The van der Waals surface area contributed by atoms with Crippen molar-refractivity contribution in [2.24, 2.45) is 5.92 Å². The number of nitrogens with zero attached hydrogens (tertiary/aromatic N) is 1. The Hall–Kier alpha value is -1.11. The Morgan fingerprint density at radius 1 is 1.33 bits per heavy atom. The number of hydrogen-bond donors (Lipinski definition) is 1. The average Bonchev–Trinajstić information content (AvgIpc) is 2.62. The molecule has 5 heteroatoms. The third-order valence-electron chi connectivity index (χ3n) is 4.00. The molecular formula is C16H21IN2O2. The highest BCUT2D eigenvalue weighted by Gasteiger charge is 2.32. The van der Waals surface area contributed by atoms with Crippen LogP contribution in [0.25, 0.3) is 0 Å². The lowest BCUT2D eigenvalue weighted by Gasteiger charge is -2.27. The molecule has 2 rings (SSSR count). The summed E-state index contributed by atoms with van der Waals surface area (Å²) in [7, 11) is 0. The van der Waals surface area contributed by atoms with Crippen molar-refractivity contribution < 1.29 is 9.59 Å². The topological polar surface area (TPSA) is 49.4 Å². The van der Waals surface area contributed by atoms with Crippen LogP contribution in [0.5, 0.6) is 0 Å². The quantitative estimate of drug-likeness (QED) is 0.790. The fourth-order valence-corrected chi connectivity index (χ4v) is 2.80. The summed E-state index contributed by atoms with van der Waals surface area (Å²) in [4.78, 5) is 26.3. The van der Waals surface area contributed by atoms with Crippen molar-refractivity contribution in [3.63, 3.8) is 0 Å². The summed E-state index contributed by atoms with van der Waals surface area (Å²) in [5.74, 6) is 0.159. The summed E-state index contributed by atoms with van der Waals surface area (Å²) in [6.45, 7) is 5.11. The van der Waals surface area contributed by atoms with Gasteiger partial charge in [0.05, 0.1) is 0 Å². The molecule has 0 aromatic heterocycles. The molecule has 0 saturated carbocycles. The third-order valence-corrected chi connectivity index (χ3v) is 4.72. The van der Waals surface area contributed by atoms with Gasteiger partial charge in [-0.05, 0) is 46.2 Å². The van der Waals surface area contributed by atoms with Crippen molar-refractivity contribution in [1.29, 1.82) is 0 Å². The fraction of sp³-hybridized carbons (Fsp3) is 0.500.